The molecule has 6 heteroatoms. The minimum Gasteiger partial charge on any atom is -0.373 e. The Morgan fingerprint density at radius 3 is 2.61 bits per heavy atom. The van der Waals surface area contributed by atoms with Gasteiger partial charge < -0.3 is 19.5 Å². The standard InChI is InChI=1S/C22H27N3O3/c1-2-18(16-8-4-3-5-9-16)23-21(26)17-14-19(22(27)24-10-6-7-11-24)25-12-13-28-15-20(17)25/h3-5,8-9,14,18H,2,6-7,10-13,15H2,1H3,(H,23,26)/t18-/m1/s1. The number of nitrogens with zero attached hydrogens (tertiary/aromatic N) is 2. The summed E-state index contributed by atoms with van der Waals surface area (Å²) in [7, 11) is 0. The summed E-state index contributed by atoms with van der Waals surface area (Å²) in [6.07, 6.45) is 2.89. The van der Waals surface area contributed by atoms with E-state index in [4.69, 9.17) is 4.74 Å². The summed E-state index contributed by atoms with van der Waals surface area (Å²) in [5, 5.41) is 3.14. The molecule has 0 unspecified atom stereocenters. The first-order valence-electron chi connectivity index (χ1n) is 10.1. The lowest BCUT2D eigenvalue weighted by molar-refractivity contribution is 0.0714. The van der Waals surface area contributed by atoms with Crippen molar-refractivity contribution in [1.29, 1.82) is 0 Å². The van der Waals surface area contributed by atoms with Crippen molar-refractivity contribution in [2.24, 2.45) is 0 Å². The molecule has 1 N–H and O–H groups in total. The molecule has 6 nitrogen and oxygen atoms in total. The van der Waals surface area contributed by atoms with Crippen LogP contribution in [0, 0.1) is 0 Å². The predicted molar refractivity (Wildman–Crippen MR) is 106 cm³/mol. The fourth-order valence-corrected chi connectivity index (χ4v) is 4.12. The Labute approximate surface area is 165 Å². The van der Waals surface area contributed by atoms with Crippen LogP contribution in [0.1, 0.15) is 64.3 Å². The van der Waals surface area contributed by atoms with E-state index in [0.29, 0.717) is 31.0 Å². The summed E-state index contributed by atoms with van der Waals surface area (Å²) in [5.41, 5.74) is 3.04. The van der Waals surface area contributed by atoms with Crippen LogP contribution < -0.4 is 5.32 Å². The van der Waals surface area contributed by atoms with Crippen molar-refractivity contribution in [2.45, 2.75) is 45.4 Å². The minimum absolute atomic E-state index is 0.0230. The van der Waals surface area contributed by atoms with E-state index in [2.05, 4.69) is 12.2 Å². The number of hydrogen-bond acceptors (Lipinski definition) is 3. The second-order valence-electron chi connectivity index (χ2n) is 7.44. The van der Waals surface area contributed by atoms with Gasteiger partial charge in [-0.3, -0.25) is 9.59 Å². The highest BCUT2D eigenvalue weighted by Crippen LogP contribution is 2.25. The molecule has 2 aliphatic rings. The Bertz CT molecular complexity index is 853. The number of carbonyl (C=O) groups excluding carboxylic acids is 2. The van der Waals surface area contributed by atoms with Crippen LogP contribution in [-0.2, 0) is 17.9 Å². The van der Waals surface area contributed by atoms with Gasteiger partial charge in [0, 0.05) is 19.6 Å². The van der Waals surface area contributed by atoms with Gasteiger partial charge >= 0.3 is 0 Å². The lowest BCUT2D eigenvalue weighted by Crippen LogP contribution is -2.31. The number of aromatic nitrogens is 1. The lowest BCUT2D eigenvalue weighted by atomic mass is 10.0. The van der Waals surface area contributed by atoms with Crippen LogP contribution in [0.15, 0.2) is 36.4 Å². The van der Waals surface area contributed by atoms with Crippen LogP contribution in [0.25, 0.3) is 0 Å². The smallest absolute Gasteiger partial charge is 0.270 e. The second-order valence-corrected chi connectivity index (χ2v) is 7.44. The van der Waals surface area contributed by atoms with Crippen LogP contribution >= 0.6 is 0 Å². The molecule has 1 aromatic heterocycles. The van der Waals surface area contributed by atoms with Crippen LogP contribution in [0.5, 0.6) is 0 Å². The van der Waals surface area contributed by atoms with Gasteiger partial charge in [-0.2, -0.15) is 0 Å². The summed E-state index contributed by atoms with van der Waals surface area (Å²) in [6.45, 7) is 5.17. The SMILES string of the molecule is CC[C@@H](NC(=O)c1cc(C(=O)N2CCCC2)n2c1COCC2)c1ccccc1. The van der Waals surface area contributed by atoms with Crippen molar-refractivity contribution in [3.63, 3.8) is 0 Å². The number of nitrogens with one attached hydrogen (secondary N) is 1. The number of benzene rings is 1. The van der Waals surface area contributed by atoms with Gasteiger partial charge in [0.1, 0.15) is 5.69 Å². The number of fused-ring (bicyclic) bond motifs is 1. The van der Waals surface area contributed by atoms with E-state index in [9.17, 15) is 9.59 Å². The van der Waals surface area contributed by atoms with Crippen molar-refractivity contribution in [2.75, 3.05) is 19.7 Å². The van der Waals surface area contributed by atoms with Crippen molar-refractivity contribution in [3.8, 4) is 0 Å². The molecule has 1 aromatic carbocycles. The number of hydrogen-bond donors (Lipinski definition) is 1. The largest absolute Gasteiger partial charge is 0.373 e. The molecule has 28 heavy (non-hydrogen) atoms. The molecule has 0 spiro atoms. The molecule has 2 aliphatic heterocycles. The van der Waals surface area contributed by atoms with E-state index >= 15 is 0 Å². The zero-order valence-electron chi connectivity index (χ0n) is 16.3. The maximum atomic E-state index is 13.1. The first kappa shape index (κ1) is 18.7. The van der Waals surface area contributed by atoms with Gasteiger partial charge in [0.15, 0.2) is 0 Å². The molecule has 0 saturated carbocycles. The highest BCUT2D eigenvalue weighted by Gasteiger charge is 2.30. The first-order valence-corrected chi connectivity index (χ1v) is 10.1. The maximum Gasteiger partial charge on any atom is 0.270 e. The molecule has 1 atom stereocenters. The van der Waals surface area contributed by atoms with Gasteiger partial charge in [-0.15, -0.1) is 0 Å². The zero-order valence-corrected chi connectivity index (χ0v) is 16.3. The Hall–Kier alpha value is -2.60. The summed E-state index contributed by atoms with van der Waals surface area (Å²) >= 11 is 0. The molecule has 0 aliphatic carbocycles. The normalized spacial score (nSPS) is 17.2. The number of carbonyl (C=O) groups is 2. The molecule has 3 heterocycles. The number of rotatable bonds is 5. The third-order valence-corrected chi connectivity index (χ3v) is 5.68. The highest BCUT2D eigenvalue weighted by molar-refractivity contribution is 6.01. The van der Waals surface area contributed by atoms with Crippen LogP contribution in [0.3, 0.4) is 0 Å². The molecule has 1 saturated heterocycles. The fraction of sp³-hybridized carbons (Fsp3) is 0.455. The zero-order chi connectivity index (χ0) is 19.5. The number of amides is 2. The van der Waals surface area contributed by atoms with Crippen molar-refractivity contribution < 1.29 is 14.3 Å². The summed E-state index contributed by atoms with van der Waals surface area (Å²) in [4.78, 5) is 28.0. The predicted octanol–water partition coefficient (Wildman–Crippen LogP) is 3.14. The lowest BCUT2D eigenvalue weighted by Gasteiger charge is -2.22. The third-order valence-electron chi connectivity index (χ3n) is 5.68. The topological polar surface area (TPSA) is 63.6 Å². The number of ether oxygens (including phenoxy) is 1. The monoisotopic (exact) mass is 381 g/mol. The van der Waals surface area contributed by atoms with Gasteiger partial charge in [0.25, 0.3) is 11.8 Å². The van der Waals surface area contributed by atoms with Gasteiger partial charge in [-0.25, -0.2) is 0 Å². The van der Waals surface area contributed by atoms with Gasteiger partial charge in [0.05, 0.1) is 30.5 Å². The Morgan fingerprint density at radius 1 is 1.14 bits per heavy atom. The molecule has 0 radical (unpaired) electrons. The Morgan fingerprint density at radius 2 is 1.89 bits per heavy atom. The van der Waals surface area contributed by atoms with Gasteiger partial charge in [0.2, 0.25) is 0 Å². The summed E-state index contributed by atoms with van der Waals surface area (Å²) in [6, 6.07) is 11.7. The van der Waals surface area contributed by atoms with Crippen molar-refractivity contribution in [3.05, 3.63) is 58.9 Å². The van der Waals surface area contributed by atoms with E-state index in [1.807, 2.05) is 39.8 Å². The Balaban J connectivity index is 1.61. The fourth-order valence-electron chi connectivity index (χ4n) is 4.12. The van der Waals surface area contributed by atoms with Crippen LogP contribution in [0.2, 0.25) is 0 Å². The van der Waals surface area contributed by atoms with E-state index in [0.717, 1.165) is 43.6 Å². The quantitative estimate of drug-likeness (QED) is 0.865. The molecule has 148 valence electrons. The molecule has 1 fully saturated rings. The molecular weight excluding hydrogens is 354 g/mol. The first-order chi connectivity index (χ1) is 13.7. The number of likely N-dealkylation sites (tertiary alicyclic amines) is 1. The van der Waals surface area contributed by atoms with Crippen LogP contribution in [0.4, 0.5) is 0 Å². The molecule has 2 amide bonds. The molecule has 2 aromatic rings. The van der Waals surface area contributed by atoms with E-state index < -0.39 is 0 Å². The average molecular weight is 381 g/mol. The summed E-state index contributed by atoms with van der Waals surface area (Å²) in [5.74, 6) is -0.125. The maximum absolute atomic E-state index is 13.1. The van der Waals surface area contributed by atoms with Crippen LogP contribution in [-0.4, -0.2) is 41.0 Å². The molecule has 0 bridgehead atoms. The van der Waals surface area contributed by atoms with Gasteiger partial charge in [-0.05, 0) is 30.9 Å². The van der Waals surface area contributed by atoms with E-state index in [1.165, 1.54) is 0 Å². The van der Waals surface area contributed by atoms with Gasteiger partial charge in [-0.1, -0.05) is 37.3 Å². The third kappa shape index (κ3) is 3.56. The van der Waals surface area contributed by atoms with E-state index in [1.54, 1.807) is 6.07 Å². The summed E-state index contributed by atoms with van der Waals surface area (Å²) < 4.78 is 7.57. The second kappa shape index (κ2) is 8.19. The van der Waals surface area contributed by atoms with Crippen molar-refractivity contribution >= 4 is 11.8 Å². The highest BCUT2D eigenvalue weighted by atomic mass is 16.5. The minimum atomic E-state index is -0.148. The Kier molecular flexibility index (Phi) is 5.48. The van der Waals surface area contributed by atoms with Crippen molar-refractivity contribution in [1.82, 2.24) is 14.8 Å². The van der Waals surface area contributed by atoms with E-state index in [-0.39, 0.29) is 17.9 Å². The average Bonchev–Trinajstić information content (AvgIpc) is 3.40. The molecule has 4 rings (SSSR count). The molecular formula is C22H27N3O3.